The lowest BCUT2D eigenvalue weighted by Crippen LogP contribution is -2.50. The van der Waals surface area contributed by atoms with E-state index in [1.54, 1.807) is 0 Å². The molecule has 1 amide bonds. The van der Waals surface area contributed by atoms with Crippen molar-refractivity contribution in [2.24, 2.45) is 16.6 Å². The average molecular weight is 224 g/mol. The number of nitrogens with zero attached hydrogens (tertiary/aromatic N) is 1. The molecule has 1 saturated heterocycles. The van der Waals surface area contributed by atoms with E-state index in [1.807, 2.05) is 4.90 Å². The van der Waals surface area contributed by atoms with Crippen molar-refractivity contribution < 1.29 is 4.79 Å². The Kier molecular flexibility index (Phi) is 2.40. The highest BCUT2D eigenvalue weighted by atomic mass is 16.2. The molecule has 3 nitrogen and oxygen atoms in total. The zero-order valence-corrected chi connectivity index (χ0v) is 11.1. The topological polar surface area (TPSA) is 46.3 Å². The van der Waals surface area contributed by atoms with Crippen LogP contribution in [-0.2, 0) is 4.79 Å². The van der Waals surface area contributed by atoms with Gasteiger partial charge in [0.1, 0.15) is 0 Å². The number of rotatable bonds is 2. The van der Waals surface area contributed by atoms with E-state index in [9.17, 15) is 4.79 Å². The van der Waals surface area contributed by atoms with Gasteiger partial charge in [-0.25, -0.2) is 0 Å². The highest BCUT2D eigenvalue weighted by Crippen LogP contribution is 2.67. The van der Waals surface area contributed by atoms with Crippen molar-refractivity contribution in [2.45, 2.75) is 65.6 Å². The second-order valence-electron chi connectivity index (χ2n) is 6.69. The Morgan fingerprint density at radius 3 is 2.25 bits per heavy atom. The van der Waals surface area contributed by atoms with Crippen molar-refractivity contribution in [3.8, 4) is 0 Å². The summed E-state index contributed by atoms with van der Waals surface area (Å²) in [6.45, 7) is 11.0. The Morgan fingerprint density at radius 1 is 1.38 bits per heavy atom. The summed E-state index contributed by atoms with van der Waals surface area (Å²) in [5.41, 5.74) is 6.72. The molecule has 0 radical (unpaired) electrons. The van der Waals surface area contributed by atoms with Crippen molar-refractivity contribution in [3.05, 3.63) is 0 Å². The molecule has 2 N–H and O–H groups in total. The smallest absolute Gasteiger partial charge is 0.224 e. The van der Waals surface area contributed by atoms with E-state index in [0.29, 0.717) is 11.8 Å². The van der Waals surface area contributed by atoms with Crippen LogP contribution >= 0.6 is 0 Å². The summed E-state index contributed by atoms with van der Waals surface area (Å²) >= 11 is 0. The second-order valence-corrected chi connectivity index (χ2v) is 6.69. The third kappa shape index (κ3) is 1.41. The van der Waals surface area contributed by atoms with Gasteiger partial charge >= 0.3 is 0 Å². The molecule has 2 fully saturated rings. The van der Waals surface area contributed by atoms with E-state index in [2.05, 4.69) is 34.6 Å². The zero-order chi connectivity index (χ0) is 12.3. The fraction of sp³-hybridized carbons (Fsp3) is 0.923. The van der Waals surface area contributed by atoms with Crippen molar-refractivity contribution in [1.82, 2.24) is 4.90 Å². The summed E-state index contributed by atoms with van der Waals surface area (Å²) in [6.07, 6.45) is 1.70. The molecule has 3 unspecified atom stereocenters. The minimum absolute atomic E-state index is 0.0154. The first kappa shape index (κ1) is 11.9. The van der Waals surface area contributed by atoms with Crippen molar-refractivity contribution >= 4 is 5.91 Å². The number of hydrogen-bond acceptors (Lipinski definition) is 2. The number of hydrogen-bond donors (Lipinski definition) is 1. The summed E-state index contributed by atoms with van der Waals surface area (Å²) in [4.78, 5) is 14.0. The molecule has 2 aliphatic rings. The molecule has 0 spiro atoms. The van der Waals surface area contributed by atoms with E-state index >= 15 is 0 Å². The van der Waals surface area contributed by atoms with E-state index in [4.69, 9.17) is 5.73 Å². The maximum absolute atomic E-state index is 12.0. The normalized spacial score (nSPS) is 41.9. The zero-order valence-electron chi connectivity index (χ0n) is 11.1. The number of nitrogens with two attached hydrogens (primary N) is 1. The lowest BCUT2D eigenvalue weighted by atomic mass is 9.85. The van der Waals surface area contributed by atoms with Gasteiger partial charge in [-0.2, -0.15) is 0 Å². The molecular weight excluding hydrogens is 200 g/mol. The van der Waals surface area contributed by atoms with Gasteiger partial charge in [-0.15, -0.1) is 0 Å². The molecule has 1 aliphatic heterocycles. The van der Waals surface area contributed by atoms with Gasteiger partial charge in [0.05, 0.1) is 6.04 Å². The molecule has 1 saturated carbocycles. The number of carbonyl (C=O) groups excluding carboxylic acids is 1. The Morgan fingerprint density at radius 2 is 1.88 bits per heavy atom. The quantitative estimate of drug-likeness (QED) is 0.777. The van der Waals surface area contributed by atoms with Crippen molar-refractivity contribution in [1.29, 1.82) is 0 Å². The van der Waals surface area contributed by atoms with Crippen LogP contribution in [0.3, 0.4) is 0 Å². The van der Waals surface area contributed by atoms with Crippen LogP contribution in [0.15, 0.2) is 0 Å². The standard InChI is InChI=1S/C13H24N2O/c1-8(2)15-10(16)6-9(14)11(15)13(5)7-12(13,3)4/h8-9,11H,6-7,14H2,1-5H3. The van der Waals surface area contributed by atoms with Gasteiger partial charge in [0, 0.05) is 18.5 Å². The summed E-state index contributed by atoms with van der Waals surface area (Å²) in [6, 6.07) is 0.510. The summed E-state index contributed by atoms with van der Waals surface area (Å²) in [5.74, 6) is 0.233. The van der Waals surface area contributed by atoms with Crippen LogP contribution in [0.4, 0.5) is 0 Å². The lowest BCUT2D eigenvalue weighted by Gasteiger charge is -2.37. The van der Waals surface area contributed by atoms with Crippen LogP contribution in [0, 0.1) is 10.8 Å². The van der Waals surface area contributed by atoms with Crippen LogP contribution in [0.25, 0.3) is 0 Å². The first-order valence-electron chi connectivity index (χ1n) is 6.27. The number of likely N-dealkylation sites (tertiary alicyclic amines) is 1. The molecule has 0 aromatic rings. The first-order chi connectivity index (χ1) is 7.21. The van der Waals surface area contributed by atoms with E-state index < -0.39 is 0 Å². The van der Waals surface area contributed by atoms with Crippen LogP contribution in [0.2, 0.25) is 0 Å². The van der Waals surface area contributed by atoms with Gasteiger partial charge in [-0.05, 0) is 31.1 Å². The largest absolute Gasteiger partial charge is 0.335 e. The van der Waals surface area contributed by atoms with Gasteiger partial charge in [0.2, 0.25) is 5.91 Å². The van der Waals surface area contributed by atoms with Crippen LogP contribution in [0.1, 0.15) is 47.5 Å². The summed E-state index contributed by atoms with van der Waals surface area (Å²) in [5, 5.41) is 0. The Hall–Kier alpha value is -0.570. The molecule has 3 atom stereocenters. The molecule has 16 heavy (non-hydrogen) atoms. The van der Waals surface area contributed by atoms with Gasteiger partial charge in [-0.1, -0.05) is 20.8 Å². The third-order valence-corrected chi connectivity index (χ3v) is 4.84. The molecule has 1 aliphatic carbocycles. The van der Waals surface area contributed by atoms with Crippen molar-refractivity contribution in [3.63, 3.8) is 0 Å². The molecule has 92 valence electrons. The first-order valence-corrected chi connectivity index (χ1v) is 6.27. The predicted octanol–water partition coefficient (Wildman–Crippen LogP) is 1.76. The van der Waals surface area contributed by atoms with Crippen LogP contribution in [0.5, 0.6) is 0 Å². The molecule has 0 aromatic heterocycles. The fourth-order valence-corrected chi connectivity index (χ4v) is 3.55. The number of amides is 1. The molecule has 2 rings (SSSR count). The highest BCUT2D eigenvalue weighted by molar-refractivity contribution is 5.80. The Bertz CT molecular complexity index is 324. The third-order valence-electron chi connectivity index (χ3n) is 4.84. The minimum atomic E-state index is 0.0154. The average Bonchev–Trinajstić information content (AvgIpc) is 2.48. The molecule has 0 aromatic carbocycles. The Labute approximate surface area is 98.4 Å². The highest BCUT2D eigenvalue weighted by Gasteiger charge is 2.66. The minimum Gasteiger partial charge on any atom is -0.335 e. The van der Waals surface area contributed by atoms with Crippen LogP contribution < -0.4 is 5.73 Å². The Balaban J connectivity index is 2.29. The number of carbonyl (C=O) groups is 1. The van der Waals surface area contributed by atoms with E-state index in [1.165, 1.54) is 6.42 Å². The maximum Gasteiger partial charge on any atom is 0.224 e. The van der Waals surface area contributed by atoms with Crippen LogP contribution in [-0.4, -0.2) is 28.9 Å². The summed E-state index contributed by atoms with van der Waals surface area (Å²) in [7, 11) is 0. The molecule has 1 heterocycles. The maximum atomic E-state index is 12.0. The van der Waals surface area contributed by atoms with Crippen molar-refractivity contribution in [2.75, 3.05) is 0 Å². The second kappa shape index (κ2) is 3.22. The fourth-order valence-electron chi connectivity index (χ4n) is 3.55. The molecular formula is C13H24N2O. The van der Waals surface area contributed by atoms with Gasteiger partial charge < -0.3 is 10.6 Å². The molecule has 0 bridgehead atoms. The monoisotopic (exact) mass is 224 g/mol. The van der Waals surface area contributed by atoms with E-state index in [-0.39, 0.29) is 29.4 Å². The van der Waals surface area contributed by atoms with Gasteiger partial charge in [-0.3, -0.25) is 4.79 Å². The van der Waals surface area contributed by atoms with Gasteiger partial charge in [0.15, 0.2) is 0 Å². The van der Waals surface area contributed by atoms with E-state index in [0.717, 1.165) is 0 Å². The SMILES string of the molecule is CC(C)N1C(=O)CC(N)C1C1(C)CC1(C)C. The lowest BCUT2D eigenvalue weighted by molar-refractivity contribution is -0.131. The van der Waals surface area contributed by atoms with Gasteiger partial charge in [0.25, 0.3) is 0 Å². The summed E-state index contributed by atoms with van der Waals surface area (Å²) < 4.78 is 0. The predicted molar refractivity (Wildman–Crippen MR) is 64.9 cm³/mol. The molecule has 3 heteroatoms.